The highest BCUT2D eigenvalue weighted by atomic mass is 16.5. The average molecular weight is 829 g/mol. The van der Waals surface area contributed by atoms with Crippen LogP contribution in [0, 0.1) is 0 Å². The minimum Gasteiger partial charge on any atom is -0.497 e. The van der Waals surface area contributed by atoms with Crippen molar-refractivity contribution in [3.8, 4) is 23.0 Å². The van der Waals surface area contributed by atoms with Gasteiger partial charge in [-0.1, -0.05) is 30.3 Å². The van der Waals surface area contributed by atoms with Gasteiger partial charge in [-0.15, -0.1) is 0 Å². The summed E-state index contributed by atoms with van der Waals surface area (Å²) < 4.78 is 17.0. The van der Waals surface area contributed by atoms with Crippen molar-refractivity contribution in [2.45, 2.75) is 82.2 Å². The number of amides is 6. The van der Waals surface area contributed by atoms with E-state index in [1.54, 1.807) is 66.7 Å². The first-order chi connectivity index (χ1) is 28.5. The lowest BCUT2D eigenvalue weighted by atomic mass is 9.98. The van der Waals surface area contributed by atoms with Crippen LogP contribution in [-0.2, 0) is 52.8 Å². The zero-order valence-electron chi connectivity index (χ0n) is 34.7. The topological polar surface area (TPSA) is 213 Å². The van der Waals surface area contributed by atoms with E-state index in [1.807, 2.05) is 0 Å². The Morgan fingerprint density at radius 3 is 1.95 bits per heavy atom. The maximum Gasteiger partial charge on any atom is 0.303 e. The number of ether oxygens (including phenoxy) is 3. The van der Waals surface area contributed by atoms with Gasteiger partial charge >= 0.3 is 5.97 Å². The lowest BCUT2D eigenvalue weighted by Crippen LogP contribution is -2.62. The molecule has 4 N–H and O–H groups in total. The fourth-order valence-corrected chi connectivity index (χ4v) is 7.20. The second kappa shape index (κ2) is 19.4. The number of rotatable bonds is 7. The molecule has 6 amide bonds. The number of carbonyl (C=O) groups excluding carboxylic acids is 6. The van der Waals surface area contributed by atoms with Gasteiger partial charge in [-0.05, 0) is 73.4 Å². The summed E-state index contributed by atoms with van der Waals surface area (Å²) in [5.41, 5.74) is 1.86. The third kappa shape index (κ3) is 10.5. The monoisotopic (exact) mass is 828 g/mol. The summed E-state index contributed by atoms with van der Waals surface area (Å²) in [7, 11) is 7.22. The summed E-state index contributed by atoms with van der Waals surface area (Å²) in [5.74, 6) is -3.67. The van der Waals surface area contributed by atoms with E-state index in [9.17, 15) is 38.7 Å². The lowest BCUT2D eigenvalue weighted by molar-refractivity contribution is -0.149. The molecule has 1 fully saturated rings. The van der Waals surface area contributed by atoms with Gasteiger partial charge < -0.3 is 50.0 Å². The van der Waals surface area contributed by atoms with Gasteiger partial charge in [-0.25, -0.2) is 0 Å². The number of carboxylic acids is 1. The predicted molar refractivity (Wildman–Crippen MR) is 217 cm³/mol. The van der Waals surface area contributed by atoms with Gasteiger partial charge in [-0.2, -0.15) is 0 Å². The molecule has 17 heteroatoms. The van der Waals surface area contributed by atoms with Crippen molar-refractivity contribution < 1.29 is 52.9 Å². The molecule has 17 nitrogen and oxygen atoms in total. The summed E-state index contributed by atoms with van der Waals surface area (Å²) in [4.78, 5) is 101. The van der Waals surface area contributed by atoms with Crippen molar-refractivity contribution in [3.05, 3.63) is 83.4 Å². The Morgan fingerprint density at radius 1 is 0.700 bits per heavy atom. The lowest BCUT2D eigenvalue weighted by Gasteiger charge is -2.37. The summed E-state index contributed by atoms with van der Waals surface area (Å²) in [6, 6.07) is 11.2. The van der Waals surface area contributed by atoms with Gasteiger partial charge in [0.05, 0.1) is 14.2 Å². The Morgan fingerprint density at radius 2 is 1.32 bits per heavy atom. The smallest absolute Gasteiger partial charge is 0.303 e. The molecule has 0 spiro atoms. The number of hydrogen-bond acceptors (Lipinski definition) is 10. The molecule has 6 rings (SSSR count). The molecule has 0 radical (unpaired) electrons. The molecule has 3 aromatic carbocycles. The van der Waals surface area contributed by atoms with E-state index in [2.05, 4.69) is 16.0 Å². The van der Waals surface area contributed by atoms with E-state index in [1.165, 1.54) is 59.0 Å². The quantitative estimate of drug-likeness (QED) is 0.269. The van der Waals surface area contributed by atoms with Crippen molar-refractivity contribution in [2.75, 3.05) is 35.4 Å². The fourth-order valence-electron chi connectivity index (χ4n) is 7.20. The maximum atomic E-state index is 14.7. The maximum absolute atomic E-state index is 14.7. The number of likely N-dealkylation sites (N-methyl/N-ethyl adjacent to an activating group) is 3. The number of hydrogen-bond donors (Lipinski definition) is 4. The van der Waals surface area contributed by atoms with Gasteiger partial charge in [0.25, 0.3) is 0 Å². The number of aliphatic carboxylic acids is 1. The molecular formula is C43H52N6O11. The van der Waals surface area contributed by atoms with Crippen LogP contribution in [0.1, 0.15) is 43.4 Å². The first kappa shape index (κ1) is 44.5. The van der Waals surface area contributed by atoms with Crippen molar-refractivity contribution in [1.29, 1.82) is 0 Å². The van der Waals surface area contributed by atoms with Crippen molar-refractivity contribution >= 4 is 41.4 Å². The van der Waals surface area contributed by atoms with E-state index < -0.39 is 84.1 Å². The zero-order chi connectivity index (χ0) is 43.8. The first-order valence-corrected chi connectivity index (χ1v) is 19.5. The number of fused-ring (bicyclic) bond motifs is 2. The van der Waals surface area contributed by atoms with Gasteiger partial charge in [0, 0.05) is 46.8 Å². The minimum atomic E-state index is -1.43. The van der Waals surface area contributed by atoms with Gasteiger partial charge in [0.2, 0.25) is 35.4 Å². The van der Waals surface area contributed by atoms with E-state index in [4.69, 9.17) is 14.2 Å². The second-order valence-corrected chi connectivity index (χ2v) is 15.0. The van der Waals surface area contributed by atoms with E-state index in [0.29, 0.717) is 39.7 Å². The Kier molecular flexibility index (Phi) is 14.4. The van der Waals surface area contributed by atoms with E-state index >= 15 is 0 Å². The SMILES string of the molecule is COc1ccc(C[C@H]2C(=O)N[C@@H](C)C(=O)N(C)[C@H]3Cc4ccc(cc4)Oc4cc(ccc4OC)C[C@@H](C(=O)N[C@H](C)C(=O)N[C@@H](CCC(=O)O)C(=O)N2C)N(C)C3=O)cc1. The van der Waals surface area contributed by atoms with Crippen molar-refractivity contribution in [3.63, 3.8) is 0 Å². The molecular weight excluding hydrogens is 777 g/mol. The number of benzene rings is 3. The zero-order valence-corrected chi connectivity index (χ0v) is 34.7. The normalized spacial score (nSPS) is 23.4. The molecule has 0 aliphatic carbocycles. The van der Waals surface area contributed by atoms with Crippen molar-refractivity contribution in [2.24, 2.45) is 0 Å². The number of methoxy groups -OCH3 is 2. The summed E-state index contributed by atoms with van der Waals surface area (Å²) in [6.07, 6.45) is -0.927. The van der Waals surface area contributed by atoms with E-state index in [0.717, 1.165) is 4.90 Å². The summed E-state index contributed by atoms with van der Waals surface area (Å²) >= 11 is 0. The third-order valence-electron chi connectivity index (χ3n) is 10.9. The van der Waals surface area contributed by atoms with Crippen LogP contribution in [0.3, 0.4) is 0 Å². The molecule has 6 bridgehead atoms. The third-order valence-corrected chi connectivity index (χ3v) is 10.9. The van der Waals surface area contributed by atoms with E-state index in [-0.39, 0.29) is 25.7 Å². The van der Waals surface area contributed by atoms with Gasteiger partial charge in [0.1, 0.15) is 47.8 Å². The molecule has 3 aromatic rings. The largest absolute Gasteiger partial charge is 0.497 e. The summed E-state index contributed by atoms with van der Waals surface area (Å²) in [5, 5.41) is 17.5. The van der Waals surface area contributed by atoms with Crippen LogP contribution >= 0.6 is 0 Å². The Balaban J connectivity index is 1.61. The number of carboxylic acid groups (broad SMARTS) is 1. The number of carbonyl (C=O) groups is 7. The highest BCUT2D eigenvalue weighted by Gasteiger charge is 2.40. The molecule has 3 aliphatic rings. The standard InChI is InChI=1S/C43H52N6O11/c1-24-38(52)46-31(17-19-37(50)51)42(56)47(3)32(20-26-8-13-29(58-6)14-9-26)40(54)45-25(2)41(55)49(5)34-21-27-10-15-30(16-11-27)60-36-23-28(12-18-35(36)59-7)22-33(39(53)44-24)48(4)43(34)57/h8-16,18,23-25,31-34H,17,19-22H2,1-7H3,(H,44,53)(H,45,54)(H,46,52)(H,50,51)/t24-,25+,31+,32+,33+,34+/m1/s1. The second-order valence-electron chi connectivity index (χ2n) is 15.0. The molecule has 320 valence electrons. The highest BCUT2D eigenvalue weighted by molar-refractivity contribution is 5.98. The first-order valence-electron chi connectivity index (χ1n) is 19.5. The molecule has 1 saturated heterocycles. The van der Waals surface area contributed by atoms with Crippen LogP contribution in [0.2, 0.25) is 0 Å². The van der Waals surface area contributed by atoms with Gasteiger partial charge in [0.15, 0.2) is 11.5 Å². The molecule has 0 unspecified atom stereocenters. The van der Waals surface area contributed by atoms with Crippen LogP contribution in [0.25, 0.3) is 0 Å². The predicted octanol–water partition coefficient (Wildman–Crippen LogP) is 1.69. The summed E-state index contributed by atoms with van der Waals surface area (Å²) in [6.45, 7) is 2.84. The minimum absolute atomic E-state index is 0.0171. The van der Waals surface area contributed by atoms with Crippen LogP contribution in [0.15, 0.2) is 66.7 Å². The molecule has 0 aromatic heterocycles. The highest BCUT2D eigenvalue weighted by Crippen LogP contribution is 2.34. The van der Waals surface area contributed by atoms with Gasteiger partial charge in [-0.3, -0.25) is 33.6 Å². The van der Waals surface area contributed by atoms with Crippen molar-refractivity contribution in [1.82, 2.24) is 30.7 Å². The van der Waals surface area contributed by atoms with Crippen LogP contribution in [-0.4, -0.2) is 133 Å². The molecule has 60 heavy (non-hydrogen) atoms. The molecule has 6 atom stereocenters. The fraction of sp³-hybridized carbons (Fsp3) is 0.419. The Bertz CT molecular complexity index is 2090. The molecule has 0 saturated carbocycles. The molecule has 3 heterocycles. The van der Waals surface area contributed by atoms with Crippen LogP contribution in [0.4, 0.5) is 0 Å². The molecule has 3 aliphatic heterocycles. The van der Waals surface area contributed by atoms with Crippen LogP contribution in [0.5, 0.6) is 23.0 Å². The Hall–Kier alpha value is -6.65. The van der Waals surface area contributed by atoms with Crippen LogP contribution < -0.4 is 30.2 Å². The average Bonchev–Trinajstić information content (AvgIpc) is 3.23. The number of nitrogens with one attached hydrogen (secondary N) is 3. The number of nitrogens with zero attached hydrogens (tertiary/aromatic N) is 3. The Labute approximate surface area is 348 Å².